The molecule has 1 atom stereocenters. The molecule has 0 fully saturated rings. The third-order valence-corrected chi connectivity index (χ3v) is 5.26. The van der Waals surface area contributed by atoms with Gasteiger partial charge in [-0.2, -0.15) is 0 Å². The Morgan fingerprint density at radius 1 is 1.24 bits per heavy atom. The molecule has 1 aromatic carbocycles. The molecule has 0 aliphatic heterocycles. The smallest absolute Gasteiger partial charge is 0.134 e. The molecule has 112 valence electrons. The fourth-order valence-electron chi connectivity index (χ4n) is 3.22. The van der Waals surface area contributed by atoms with Crippen molar-refractivity contribution in [1.29, 1.82) is 0 Å². The molecule has 21 heavy (non-hydrogen) atoms. The maximum absolute atomic E-state index is 5.49. The number of fused-ring (bicyclic) bond motifs is 1. The van der Waals surface area contributed by atoms with Crippen molar-refractivity contribution in [1.82, 2.24) is 5.32 Å². The van der Waals surface area contributed by atoms with Gasteiger partial charge in [-0.3, -0.25) is 0 Å². The van der Waals surface area contributed by atoms with Gasteiger partial charge < -0.3 is 10.1 Å². The lowest BCUT2D eigenvalue weighted by atomic mass is 10.00. The van der Waals surface area contributed by atoms with Crippen molar-refractivity contribution in [3.05, 3.63) is 51.2 Å². The molecular formula is C18H23NOS. The molecule has 0 saturated heterocycles. The lowest BCUT2D eigenvalue weighted by Crippen LogP contribution is -2.22. The van der Waals surface area contributed by atoms with E-state index in [0.29, 0.717) is 6.04 Å². The molecule has 1 aliphatic carbocycles. The predicted molar refractivity (Wildman–Crippen MR) is 89.5 cm³/mol. The maximum Gasteiger partial charge on any atom is 0.134 e. The molecule has 0 amide bonds. The van der Waals surface area contributed by atoms with E-state index in [4.69, 9.17) is 4.74 Å². The second-order valence-electron chi connectivity index (χ2n) is 5.62. The molecule has 0 spiro atoms. The Hall–Kier alpha value is -1.32. The maximum atomic E-state index is 5.49. The van der Waals surface area contributed by atoms with E-state index in [0.717, 1.165) is 18.7 Å². The number of aryl methyl sites for hydroxylation is 2. The lowest BCUT2D eigenvalue weighted by Gasteiger charge is -2.18. The summed E-state index contributed by atoms with van der Waals surface area (Å²) >= 11 is 1.78. The number of ether oxygens (including phenoxy) is 1. The van der Waals surface area contributed by atoms with E-state index in [1.54, 1.807) is 29.6 Å². The second kappa shape index (κ2) is 6.63. The van der Waals surface area contributed by atoms with Gasteiger partial charge in [0.15, 0.2) is 0 Å². The number of likely N-dealkylation sites (N-methyl/N-ethyl adjacent to an activating group) is 1. The quantitative estimate of drug-likeness (QED) is 0.866. The van der Waals surface area contributed by atoms with Gasteiger partial charge in [0.2, 0.25) is 0 Å². The van der Waals surface area contributed by atoms with Crippen LogP contribution in [0.1, 0.15) is 41.0 Å². The topological polar surface area (TPSA) is 21.3 Å². The van der Waals surface area contributed by atoms with Crippen molar-refractivity contribution in [3.63, 3.8) is 0 Å². The zero-order valence-electron chi connectivity index (χ0n) is 12.8. The Kier molecular flexibility index (Phi) is 4.61. The van der Waals surface area contributed by atoms with Crippen LogP contribution in [0.5, 0.6) is 5.75 Å². The minimum Gasteiger partial charge on any atom is -0.496 e. The van der Waals surface area contributed by atoms with Crippen LogP contribution in [0.4, 0.5) is 0 Å². The van der Waals surface area contributed by atoms with Crippen molar-refractivity contribution >= 4 is 11.3 Å². The molecule has 1 unspecified atom stereocenters. The predicted octanol–water partition coefficient (Wildman–Crippen LogP) is 4.14. The zero-order chi connectivity index (χ0) is 14.7. The van der Waals surface area contributed by atoms with E-state index in [9.17, 15) is 0 Å². The molecular weight excluding hydrogens is 278 g/mol. The summed E-state index contributed by atoms with van der Waals surface area (Å²) in [4.78, 5) is 1.31. The summed E-state index contributed by atoms with van der Waals surface area (Å²) in [5.41, 5.74) is 4.53. The molecule has 1 N–H and O–H groups in total. The van der Waals surface area contributed by atoms with E-state index in [1.165, 1.54) is 29.7 Å². The first-order valence-electron chi connectivity index (χ1n) is 7.77. The number of benzene rings is 1. The Labute approximate surface area is 131 Å². The average Bonchev–Trinajstić information content (AvgIpc) is 3.14. The lowest BCUT2D eigenvalue weighted by molar-refractivity contribution is 0.403. The second-order valence-corrected chi connectivity index (χ2v) is 6.57. The van der Waals surface area contributed by atoms with Gasteiger partial charge in [0.05, 0.1) is 12.0 Å². The molecule has 1 aromatic heterocycles. The van der Waals surface area contributed by atoms with Gasteiger partial charge in [-0.05, 0) is 60.4 Å². The molecule has 0 bridgehead atoms. The van der Waals surface area contributed by atoms with E-state index < -0.39 is 0 Å². The Bertz CT molecular complexity index is 605. The van der Waals surface area contributed by atoms with Crippen LogP contribution in [0.2, 0.25) is 0 Å². The van der Waals surface area contributed by atoms with E-state index in [1.807, 2.05) is 0 Å². The molecule has 1 aliphatic rings. The molecule has 0 radical (unpaired) electrons. The minimum absolute atomic E-state index is 0.337. The van der Waals surface area contributed by atoms with E-state index >= 15 is 0 Å². The van der Waals surface area contributed by atoms with Crippen LogP contribution in [0.15, 0.2) is 29.6 Å². The molecule has 3 rings (SSSR count). The fourth-order valence-corrected chi connectivity index (χ4v) is 4.16. The molecule has 0 saturated carbocycles. The zero-order valence-corrected chi connectivity index (χ0v) is 13.6. The summed E-state index contributed by atoms with van der Waals surface area (Å²) in [6.45, 7) is 3.13. The fraction of sp³-hybridized carbons (Fsp3) is 0.444. The number of hydrogen-bond donors (Lipinski definition) is 1. The van der Waals surface area contributed by atoms with Gasteiger partial charge in [0, 0.05) is 6.04 Å². The highest BCUT2D eigenvalue weighted by atomic mass is 32.1. The Morgan fingerprint density at radius 3 is 2.90 bits per heavy atom. The molecule has 2 aromatic rings. The van der Waals surface area contributed by atoms with Crippen molar-refractivity contribution in [2.24, 2.45) is 0 Å². The van der Waals surface area contributed by atoms with Crippen molar-refractivity contribution in [3.8, 4) is 5.75 Å². The Morgan fingerprint density at radius 2 is 2.10 bits per heavy atom. The minimum atomic E-state index is 0.337. The SMILES string of the molecule is CCNC(Cc1ccc2c(c1)CCC2)c1sccc1OC. The number of methoxy groups -OCH3 is 1. The highest BCUT2D eigenvalue weighted by Crippen LogP contribution is 2.33. The van der Waals surface area contributed by atoms with E-state index in [2.05, 4.69) is 41.9 Å². The standard InChI is InChI=1S/C18H23NOS/c1-3-19-16(18-17(20-2)9-10-21-18)12-13-7-8-14-5-4-6-15(14)11-13/h7-11,16,19H,3-6,12H2,1-2H3. The molecule has 3 heteroatoms. The highest BCUT2D eigenvalue weighted by Gasteiger charge is 2.18. The average molecular weight is 301 g/mol. The largest absolute Gasteiger partial charge is 0.496 e. The number of thiophene rings is 1. The first-order valence-corrected chi connectivity index (χ1v) is 8.65. The van der Waals surface area contributed by atoms with E-state index in [-0.39, 0.29) is 0 Å². The third kappa shape index (κ3) is 3.14. The summed E-state index contributed by atoms with van der Waals surface area (Å²) in [5, 5.41) is 5.72. The first kappa shape index (κ1) is 14.6. The summed E-state index contributed by atoms with van der Waals surface area (Å²) in [7, 11) is 1.75. The summed E-state index contributed by atoms with van der Waals surface area (Å²) in [6, 6.07) is 9.44. The van der Waals surface area contributed by atoms with Gasteiger partial charge >= 0.3 is 0 Å². The van der Waals surface area contributed by atoms with Crippen LogP contribution in [0.3, 0.4) is 0 Å². The summed E-state index contributed by atoms with van der Waals surface area (Å²) in [5.74, 6) is 1.01. The van der Waals surface area contributed by atoms with Crippen LogP contribution in [0.25, 0.3) is 0 Å². The summed E-state index contributed by atoms with van der Waals surface area (Å²) < 4.78 is 5.49. The van der Waals surface area contributed by atoms with Crippen LogP contribution in [0, 0.1) is 0 Å². The Balaban J connectivity index is 1.82. The van der Waals surface area contributed by atoms with Crippen LogP contribution in [-0.4, -0.2) is 13.7 Å². The normalized spacial score (nSPS) is 15.0. The van der Waals surface area contributed by atoms with Crippen LogP contribution < -0.4 is 10.1 Å². The van der Waals surface area contributed by atoms with Gasteiger partial charge in [0.25, 0.3) is 0 Å². The molecule has 1 heterocycles. The third-order valence-electron chi connectivity index (χ3n) is 4.25. The van der Waals surface area contributed by atoms with Gasteiger partial charge in [-0.15, -0.1) is 11.3 Å². The first-order chi connectivity index (χ1) is 10.3. The highest BCUT2D eigenvalue weighted by molar-refractivity contribution is 7.10. The van der Waals surface area contributed by atoms with Crippen LogP contribution >= 0.6 is 11.3 Å². The monoisotopic (exact) mass is 301 g/mol. The van der Waals surface area contributed by atoms with Crippen molar-refractivity contribution < 1.29 is 4.74 Å². The van der Waals surface area contributed by atoms with Gasteiger partial charge in [-0.1, -0.05) is 25.1 Å². The van der Waals surface area contributed by atoms with Crippen LogP contribution in [-0.2, 0) is 19.3 Å². The number of nitrogens with one attached hydrogen (secondary N) is 1. The van der Waals surface area contributed by atoms with Crippen molar-refractivity contribution in [2.75, 3.05) is 13.7 Å². The molecule has 2 nitrogen and oxygen atoms in total. The van der Waals surface area contributed by atoms with Gasteiger partial charge in [0.1, 0.15) is 5.75 Å². The van der Waals surface area contributed by atoms with Gasteiger partial charge in [-0.25, -0.2) is 0 Å². The number of hydrogen-bond acceptors (Lipinski definition) is 3. The number of rotatable bonds is 6. The summed E-state index contributed by atoms with van der Waals surface area (Å²) in [6.07, 6.45) is 4.84. The van der Waals surface area contributed by atoms with Crippen molar-refractivity contribution in [2.45, 2.75) is 38.6 Å².